The lowest BCUT2D eigenvalue weighted by atomic mass is 10.1. The molecule has 0 radical (unpaired) electrons. The van der Waals surface area contributed by atoms with Crippen LogP contribution in [0.5, 0.6) is 0 Å². The van der Waals surface area contributed by atoms with Crippen molar-refractivity contribution in [1.82, 2.24) is 4.98 Å². The SMILES string of the molecule is Cc1ccc2c(=O)oc(CCCCC(=O)OC(C)(C)C)nc2c1.O=C=O. The Labute approximate surface area is 151 Å². The fourth-order valence-electron chi connectivity index (χ4n) is 2.27. The second-order valence-corrected chi connectivity index (χ2v) is 6.79. The normalized spacial score (nSPS) is 10.6. The van der Waals surface area contributed by atoms with Crippen LogP contribution < -0.4 is 5.63 Å². The first kappa shape index (κ1) is 21.3. The zero-order chi connectivity index (χ0) is 19.7. The molecule has 1 heterocycles. The molecule has 140 valence electrons. The molecule has 0 bridgehead atoms. The minimum atomic E-state index is -0.457. The molecule has 1 aromatic carbocycles. The Hall–Kier alpha value is -2.79. The van der Waals surface area contributed by atoms with Crippen LogP contribution >= 0.6 is 0 Å². The fraction of sp³-hybridized carbons (Fsp3) is 0.474. The number of carbonyl (C=O) groups is 1. The van der Waals surface area contributed by atoms with E-state index in [1.165, 1.54) is 0 Å². The quantitative estimate of drug-likeness (QED) is 0.595. The molecule has 7 nitrogen and oxygen atoms in total. The lowest BCUT2D eigenvalue weighted by molar-refractivity contribution is -0.191. The summed E-state index contributed by atoms with van der Waals surface area (Å²) in [5.74, 6) is 0.207. The van der Waals surface area contributed by atoms with Gasteiger partial charge in [0, 0.05) is 12.8 Å². The molecule has 0 saturated carbocycles. The molecule has 0 atom stereocenters. The van der Waals surface area contributed by atoms with Gasteiger partial charge in [0.05, 0.1) is 10.9 Å². The van der Waals surface area contributed by atoms with Gasteiger partial charge < -0.3 is 9.15 Å². The molecule has 0 N–H and O–H groups in total. The summed E-state index contributed by atoms with van der Waals surface area (Å²) in [6, 6.07) is 5.47. The molecule has 2 aromatic rings. The Kier molecular flexibility index (Phi) is 7.87. The van der Waals surface area contributed by atoms with Crippen LogP contribution in [0.3, 0.4) is 0 Å². The van der Waals surface area contributed by atoms with E-state index in [2.05, 4.69) is 4.98 Å². The number of nitrogens with zero attached hydrogens (tertiary/aromatic N) is 1. The molecule has 0 amide bonds. The number of fused-ring (bicyclic) bond motifs is 1. The summed E-state index contributed by atoms with van der Waals surface area (Å²) in [7, 11) is 0. The minimum Gasteiger partial charge on any atom is -0.460 e. The maximum Gasteiger partial charge on any atom is 0.373 e. The lowest BCUT2D eigenvalue weighted by Crippen LogP contribution is -2.23. The summed E-state index contributed by atoms with van der Waals surface area (Å²) in [5, 5.41) is 0.494. The number of unbranched alkanes of at least 4 members (excludes halogenated alkanes) is 1. The topological polar surface area (TPSA) is 104 Å². The highest BCUT2D eigenvalue weighted by atomic mass is 16.6. The third-order valence-corrected chi connectivity index (χ3v) is 3.27. The van der Waals surface area contributed by atoms with E-state index in [1.807, 2.05) is 39.8 Å². The van der Waals surface area contributed by atoms with Crippen molar-refractivity contribution in [3.8, 4) is 0 Å². The van der Waals surface area contributed by atoms with Gasteiger partial charge in [-0.15, -0.1) is 0 Å². The first-order chi connectivity index (χ1) is 12.2. The van der Waals surface area contributed by atoms with Crippen LogP contribution in [0.4, 0.5) is 0 Å². The third-order valence-electron chi connectivity index (χ3n) is 3.27. The highest BCUT2D eigenvalue weighted by Crippen LogP contribution is 2.13. The molecule has 0 unspecified atom stereocenters. The Morgan fingerprint density at radius 3 is 2.50 bits per heavy atom. The number of hydrogen-bond donors (Lipinski definition) is 0. The fourth-order valence-corrected chi connectivity index (χ4v) is 2.27. The van der Waals surface area contributed by atoms with Crippen LogP contribution in [-0.2, 0) is 25.5 Å². The molecule has 0 spiro atoms. The maximum atomic E-state index is 11.9. The van der Waals surface area contributed by atoms with E-state index >= 15 is 0 Å². The predicted octanol–water partition coefficient (Wildman–Crippen LogP) is 2.97. The standard InChI is InChI=1S/C18H23NO4.CO2/c1-12-9-10-13-14(11-12)19-15(22-17(13)21)7-5-6-8-16(20)23-18(2,3)4;2-1-3/h9-11H,5-8H2,1-4H3;. The van der Waals surface area contributed by atoms with E-state index in [9.17, 15) is 9.59 Å². The molecule has 0 saturated heterocycles. The van der Waals surface area contributed by atoms with Crippen LogP contribution in [0.2, 0.25) is 0 Å². The van der Waals surface area contributed by atoms with Gasteiger partial charge in [-0.25, -0.2) is 9.78 Å². The molecular formula is C19H23NO6. The average Bonchev–Trinajstić information content (AvgIpc) is 2.50. The monoisotopic (exact) mass is 361 g/mol. The van der Waals surface area contributed by atoms with Crippen molar-refractivity contribution in [2.45, 2.75) is 59.0 Å². The van der Waals surface area contributed by atoms with E-state index in [-0.39, 0.29) is 17.7 Å². The van der Waals surface area contributed by atoms with Gasteiger partial charge in [0.2, 0.25) is 0 Å². The van der Waals surface area contributed by atoms with Crippen molar-refractivity contribution in [1.29, 1.82) is 0 Å². The van der Waals surface area contributed by atoms with E-state index in [1.54, 1.807) is 6.07 Å². The minimum absolute atomic E-state index is 0.207. The number of hydrogen-bond acceptors (Lipinski definition) is 7. The van der Waals surface area contributed by atoms with Crippen molar-refractivity contribution in [2.24, 2.45) is 0 Å². The Morgan fingerprint density at radius 1 is 1.23 bits per heavy atom. The van der Waals surface area contributed by atoms with Gasteiger partial charge in [0.15, 0.2) is 5.89 Å². The van der Waals surface area contributed by atoms with Gasteiger partial charge in [0.1, 0.15) is 5.60 Å². The van der Waals surface area contributed by atoms with Gasteiger partial charge in [-0.05, 0) is 58.2 Å². The van der Waals surface area contributed by atoms with Crippen LogP contribution in [-0.4, -0.2) is 22.7 Å². The summed E-state index contributed by atoms with van der Waals surface area (Å²) in [5.41, 5.74) is 0.883. The molecule has 0 fully saturated rings. The summed E-state index contributed by atoms with van der Waals surface area (Å²) >= 11 is 0. The number of ether oxygens (including phenoxy) is 1. The molecule has 26 heavy (non-hydrogen) atoms. The summed E-state index contributed by atoms with van der Waals surface area (Å²) in [4.78, 5) is 44.2. The predicted molar refractivity (Wildman–Crippen MR) is 93.4 cm³/mol. The van der Waals surface area contributed by atoms with Crippen LogP contribution in [0.1, 0.15) is 51.5 Å². The van der Waals surface area contributed by atoms with Crippen molar-refractivity contribution < 1.29 is 23.5 Å². The van der Waals surface area contributed by atoms with Gasteiger partial charge in [0.25, 0.3) is 0 Å². The van der Waals surface area contributed by atoms with Gasteiger partial charge in [-0.3, -0.25) is 4.79 Å². The summed E-state index contributed by atoms with van der Waals surface area (Å²) in [6.07, 6.45) is 2.52. The number of esters is 1. The Morgan fingerprint density at radius 2 is 1.88 bits per heavy atom. The molecule has 2 rings (SSSR count). The van der Waals surface area contributed by atoms with Crippen LogP contribution in [0.15, 0.2) is 27.4 Å². The zero-order valence-electron chi connectivity index (χ0n) is 15.5. The first-order valence-corrected chi connectivity index (χ1v) is 8.28. The highest BCUT2D eigenvalue weighted by molar-refractivity contribution is 5.77. The zero-order valence-corrected chi connectivity index (χ0v) is 15.5. The Bertz CT molecular complexity index is 841. The van der Waals surface area contributed by atoms with Gasteiger partial charge in [-0.2, -0.15) is 9.59 Å². The molecule has 1 aromatic heterocycles. The number of rotatable bonds is 5. The van der Waals surface area contributed by atoms with Crippen molar-refractivity contribution in [2.75, 3.05) is 0 Å². The third kappa shape index (κ3) is 7.40. The van der Waals surface area contributed by atoms with Crippen molar-refractivity contribution in [3.05, 3.63) is 40.1 Å². The first-order valence-electron chi connectivity index (χ1n) is 8.28. The lowest BCUT2D eigenvalue weighted by Gasteiger charge is -2.19. The summed E-state index contributed by atoms with van der Waals surface area (Å²) in [6.45, 7) is 7.50. The van der Waals surface area contributed by atoms with Crippen molar-refractivity contribution >= 4 is 23.0 Å². The second kappa shape index (κ2) is 9.63. The smallest absolute Gasteiger partial charge is 0.373 e. The number of aromatic nitrogens is 1. The van der Waals surface area contributed by atoms with Gasteiger partial charge >= 0.3 is 17.7 Å². The molecule has 7 heteroatoms. The van der Waals surface area contributed by atoms with Crippen molar-refractivity contribution in [3.63, 3.8) is 0 Å². The largest absolute Gasteiger partial charge is 0.460 e. The van der Waals surface area contributed by atoms with Crippen LogP contribution in [0, 0.1) is 6.92 Å². The van der Waals surface area contributed by atoms with E-state index in [0.29, 0.717) is 42.5 Å². The van der Waals surface area contributed by atoms with E-state index in [0.717, 1.165) is 5.56 Å². The second-order valence-electron chi connectivity index (χ2n) is 6.79. The summed E-state index contributed by atoms with van der Waals surface area (Å²) < 4.78 is 10.5. The number of aryl methyl sites for hydroxylation is 2. The molecule has 0 aliphatic carbocycles. The number of carbonyl (C=O) groups excluding carboxylic acids is 3. The van der Waals surface area contributed by atoms with Gasteiger partial charge in [-0.1, -0.05) is 6.07 Å². The molecule has 0 aliphatic heterocycles. The van der Waals surface area contributed by atoms with E-state index < -0.39 is 5.60 Å². The van der Waals surface area contributed by atoms with Crippen LogP contribution in [0.25, 0.3) is 10.9 Å². The molecule has 0 aliphatic rings. The van der Waals surface area contributed by atoms with E-state index in [4.69, 9.17) is 18.7 Å². The average molecular weight is 361 g/mol. The maximum absolute atomic E-state index is 11.9. The number of benzene rings is 1. The highest BCUT2D eigenvalue weighted by Gasteiger charge is 2.15. The Balaban J connectivity index is 0.00000105. The molecular weight excluding hydrogens is 338 g/mol.